The smallest absolute Gasteiger partial charge is 0.384 e. The van der Waals surface area contributed by atoms with Crippen molar-refractivity contribution in [2.45, 2.75) is 6.18 Å². The molecule has 4 nitrogen and oxygen atoms in total. The molecule has 0 unspecified atom stereocenters. The van der Waals surface area contributed by atoms with E-state index in [0.29, 0.717) is 11.0 Å². The van der Waals surface area contributed by atoms with Crippen LogP contribution in [0.5, 0.6) is 0 Å². The molecule has 106 valence electrons. The monoisotopic (exact) mass is 303 g/mol. The van der Waals surface area contributed by atoms with Crippen molar-refractivity contribution in [3.8, 4) is 0 Å². The molecule has 0 spiro atoms. The van der Waals surface area contributed by atoms with Crippen LogP contribution in [0.15, 0.2) is 36.7 Å². The SMILES string of the molecule is Nc1cccc(Cl)n1.O=Cc1cnccc1C(F)(F)F. The fourth-order valence-corrected chi connectivity index (χ4v) is 1.35. The Labute approximate surface area is 117 Å². The van der Waals surface area contributed by atoms with Crippen molar-refractivity contribution in [1.82, 2.24) is 9.97 Å². The summed E-state index contributed by atoms with van der Waals surface area (Å²) in [6.45, 7) is 0. The number of halogens is 4. The number of nitrogen functional groups attached to an aromatic ring is 1. The third-order valence-electron chi connectivity index (χ3n) is 2.02. The molecule has 2 heterocycles. The van der Waals surface area contributed by atoms with E-state index in [1.54, 1.807) is 18.2 Å². The average molecular weight is 304 g/mol. The number of carbonyl (C=O) groups excluding carboxylic acids is 1. The molecule has 0 saturated heterocycles. The molecule has 2 aromatic rings. The molecule has 0 aliphatic heterocycles. The molecule has 20 heavy (non-hydrogen) atoms. The maximum absolute atomic E-state index is 12.0. The van der Waals surface area contributed by atoms with Crippen LogP contribution in [0.25, 0.3) is 0 Å². The van der Waals surface area contributed by atoms with Gasteiger partial charge in [-0.2, -0.15) is 13.2 Å². The lowest BCUT2D eigenvalue weighted by Gasteiger charge is -2.07. The second-order valence-corrected chi connectivity index (χ2v) is 3.85. The van der Waals surface area contributed by atoms with E-state index in [9.17, 15) is 18.0 Å². The van der Waals surface area contributed by atoms with Gasteiger partial charge in [-0.25, -0.2) is 4.98 Å². The highest BCUT2D eigenvalue weighted by Gasteiger charge is 2.32. The van der Waals surface area contributed by atoms with Crippen molar-refractivity contribution in [1.29, 1.82) is 0 Å². The van der Waals surface area contributed by atoms with Gasteiger partial charge in [0.2, 0.25) is 0 Å². The third kappa shape index (κ3) is 4.85. The van der Waals surface area contributed by atoms with Crippen molar-refractivity contribution < 1.29 is 18.0 Å². The van der Waals surface area contributed by atoms with Crippen LogP contribution in [0.2, 0.25) is 5.15 Å². The number of alkyl halides is 3. The Morgan fingerprint density at radius 2 is 1.95 bits per heavy atom. The largest absolute Gasteiger partial charge is 0.417 e. The highest BCUT2D eigenvalue weighted by molar-refractivity contribution is 6.29. The Bertz CT molecular complexity index is 573. The first-order valence-corrected chi connectivity index (χ1v) is 5.57. The van der Waals surface area contributed by atoms with Crippen LogP contribution >= 0.6 is 11.6 Å². The second-order valence-electron chi connectivity index (χ2n) is 3.46. The summed E-state index contributed by atoms with van der Waals surface area (Å²) in [5.74, 6) is 0.456. The minimum absolute atomic E-state index is 0.135. The second kappa shape index (κ2) is 6.85. The number of pyridine rings is 2. The molecule has 0 saturated carbocycles. The van der Waals surface area contributed by atoms with Crippen LogP contribution in [-0.4, -0.2) is 16.3 Å². The fourth-order valence-electron chi connectivity index (χ4n) is 1.18. The van der Waals surface area contributed by atoms with Gasteiger partial charge in [0.05, 0.1) is 5.56 Å². The lowest BCUT2D eigenvalue weighted by molar-refractivity contribution is -0.137. The molecular weight excluding hydrogens is 295 g/mol. The zero-order chi connectivity index (χ0) is 15.2. The molecule has 0 aliphatic rings. The van der Waals surface area contributed by atoms with Crippen LogP contribution in [0.4, 0.5) is 19.0 Å². The van der Waals surface area contributed by atoms with E-state index in [1.165, 1.54) is 0 Å². The van der Waals surface area contributed by atoms with E-state index in [-0.39, 0.29) is 6.29 Å². The minimum atomic E-state index is -4.49. The Balaban J connectivity index is 0.000000217. The fraction of sp³-hybridized carbons (Fsp3) is 0.0833. The number of carbonyl (C=O) groups is 1. The summed E-state index contributed by atoms with van der Waals surface area (Å²) in [6, 6.07) is 5.89. The van der Waals surface area contributed by atoms with E-state index in [2.05, 4.69) is 9.97 Å². The molecule has 0 amide bonds. The summed E-state index contributed by atoms with van der Waals surface area (Å²) in [6.07, 6.45) is -2.47. The molecule has 8 heteroatoms. The molecule has 0 atom stereocenters. The zero-order valence-corrected chi connectivity index (χ0v) is 10.7. The number of rotatable bonds is 1. The van der Waals surface area contributed by atoms with Crippen LogP contribution in [0.1, 0.15) is 15.9 Å². The quantitative estimate of drug-likeness (QED) is 0.648. The Morgan fingerprint density at radius 3 is 2.35 bits per heavy atom. The third-order valence-corrected chi connectivity index (χ3v) is 2.23. The van der Waals surface area contributed by atoms with Crippen molar-refractivity contribution in [2.75, 3.05) is 5.73 Å². The molecular formula is C12H9ClF3N3O. The van der Waals surface area contributed by atoms with Gasteiger partial charge in [-0.3, -0.25) is 9.78 Å². The number of nitrogens with zero attached hydrogens (tertiary/aromatic N) is 2. The molecule has 2 rings (SSSR count). The van der Waals surface area contributed by atoms with E-state index in [0.717, 1.165) is 18.5 Å². The van der Waals surface area contributed by atoms with E-state index >= 15 is 0 Å². The van der Waals surface area contributed by atoms with Gasteiger partial charge in [-0.1, -0.05) is 17.7 Å². The van der Waals surface area contributed by atoms with Crippen molar-refractivity contribution in [3.05, 3.63) is 52.9 Å². The number of aromatic nitrogens is 2. The van der Waals surface area contributed by atoms with Gasteiger partial charge >= 0.3 is 6.18 Å². The summed E-state index contributed by atoms with van der Waals surface area (Å²) >= 11 is 5.45. The maximum Gasteiger partial charge on any atom is 0.417 e. The van der Waals surface area contributed by atoms with E-state index < -0.39 is 17.3 Å². The van der Waals surface area contributed by atoms with E-state index in [4.69, 9.17) is 17.3 Å². The predicted molar refractivity (Wildman–Crippen MR) is 68.3 cm³/mol. The van der Waals surface area contributed by atoms with Gasteiger partial charge in [-0.15, -0.1) is 0 Å². The molecule has 0 aliphatic carbocycles. The first-order chi connectivity index (χ1) is 9.34. The summed E-state index contributed by atoms with van der Waals surface area (Å²) in [4.78, 5) is 17.2. The minimum Gasteiger partial charge on any atom is -0.384 e. The van der Waals surface area contributed by atoms with Gasteiger partial charge < -0.3 is 5.73 Å². The molecule has 2 aromatic heterocycles. The number of anilines is 1. The molecule has 0 radical (unpaired) electrons. The Hall–Kier alpha value is -2.15. The molecule has 2 N–H and O–H groups in total. The highest BCUT2D eigenvalue weighted by Crippen LogP contribution is 2.30. The summed E-state index contributed by atoms with van der Waals surface area (Å²) in [7, 11) is 0. The summed E-state index contributed by atoms with van der Waals surface area (Å²) < 4.78 is 36.1. The van der Waals surface area contributed by atoms with Crippen LogP contribution in [-0.2, 0) is 6.18 Å². The lowest BCUT2D eigenvalue weighted by Crippen LogP contribution is -2.08. The van der Waals surface area contributed by atoms with Crippen molar-refractivity contribution in [3.63, 3.8) is 0 Å². The Morgan fingerprint density at radius 1 is 1.25 bits per heavy atom. The van der Waals surface area contributed by atoms with Crippen molar-refractivity contribution in [2.24, 2.45) is 0 Å². The van der Waals surface area contributed by atoms with Crippen LogP contribution in [0, 0.1) is 0 Å². The topological polar surface area (TPSA) is 68.9 Å². The zero-order valence-electron chi connectivity index (χ0n) is 9.93. The van der Waals surface area contributed by atoms with Crippen molar-refractivity contribution >= 4 is 23.7 Å². The molecule has 0 bridgehead atoms. The standard InChI is InChI=1S/C7H4F3NO.C5H5ClN2/c8-7(9,10)6-1-2-11-3-5(6)4-12;6-4-2-1-3-5(7)8-4/h1-4H;1-3H,(H2,7,8). The van der Waals surface area contributed by atoms with E-state index in [1.807, 2.05) is 0 Å². The Kier molecular flexibility index (Phi) is 5.45. The predicted octanol–water partition coefficient (Wildman–Crippen LogP) is 3.23. The van der Waals surface area contributed by atoms with Crippen LogP contribution < -0.4 is 5.73 Å². The van der Waals surface area contributed by atoms with Gasteiger partial charge in [0.1, 0.15) is 11.0 Å². The summed E-state index contributed by atoms with van der Waals surface area (Å²) in [5, 5.41) is 0.435. The maximum atomic E-state index is 12.0. The number of hydrogen-bond donors (Lipinski definition) is 1. The number of nitrogens with two attached hydrogens (primary N) is 1. The van der Waals surface area contributed by atoms with Gasteiger partial charge in [-0.05, 0) is 18.2 Å². The number of hydrogen-bond acceptors (Lipinski definition) is 4. The molecule has 0 fully saturated rings. The average Bonchev–Trinajstić information content (AvgIpc) is 2.38. The first-order valence-electron chi connectivity index (χ1n) is 5.19. The lowest BCUT2D eigenvalue weighted by atomic mass is 10.1. The van der Waals surface area contributed by atoms with Gasteiger partial charge in [0.25, 0.3) is 0 Å². The highest BCUT2D eigenvalue weighted by atomic mass is 35.5. The van der Waals surface area contributed by atoms with Gasteiger partial charge in [0.15, 0.2) is 6.29 Å². The van der Waals surface area contributed by atoms with Crippen LogP contribution in [0.3, 0.4) is 0 Å². The normalized spacial score (nSPS) is 10.4. The summed E-state index contributed by atoms with van der Waals surface area (Å²) in [5.41, 5.74) is 3.87. The first kappa shape index (κ1) is 15.9. The molecule has 0 aromatic carbocycles. The number of aldehydes is 1. The van der Waals surface area contributed by atoms with Gasteiger partial charge in [0, 0.05) is 18.0 Å².